The number of aromatic carboxylic acids is 1. The maximum atomic E-state index is 11.0. The van der Waals surface area contributed by atoms with Crippen LogP contribution in [-0.4, -0.2) is 27.6 Å². The lowest BCUT2D eigenvalue weighted by Crippen LogP contribution is -2.05. The van der Waals surface area contributed by atoms with Crippen LogP contribution in [0, 0.1) is 0 Å². The maximum Gasteiger partial charge on any atom is 0.354 e. The van der Waals surface area contributed by atoms with Crippen molar-refractivity contribution in [1.29, 1.82) is 0 Å². The number of hydrogen-bond donors (Lipinski definition) is 1. The van der Waals surface area contributed by atoms with E-state index < -0.39 is 5.97 Å². The Hall–Kier alpha value is -1.40. The zero-order valence-corrected chi connectivity index (χ0v) is 8.24. The lowest BCUT2D eigenvalue weighted by Gasteiger charge is -1.96. The van der Waals surface area contributed by atoms with E-state index >= 15 is 0 Å². The van der Waals surface area contributed by atoms with Gasteiger partial charge in [-0.15, -0.1) is 11.3 Å². The minimum absolute atomic E-state index is 0.183. The maximum absolute atomic E-state index is 11.0. The van der Waals surface area contributed by atoms with Crippen molar-refractivity contribution in [1.82, 2.24) is 9.38 Å². The summed E-state index contributed by atoms with van der Waals surface area (Å²) in [5.74, 6) is -0.983. The Kier molecular flexibility index (Phi) is 2.22. The molecular formula is C8H8N2O3S. The molecule has 0 saturated heterocycles. The van der Waals surface area contributed by atoms with Crippen molar-refractivity contribution in [3.8, 4) is 0 Å². The molecule has 0 aliphatic rings. The summed E-state index contributed by atoms with van der Waals surface area (Å²) < 4.78 is 6.44. The first-order valence-corrected chi connectivity index (χ1v) is 4.78. The molecule has 6 heteroatoms. The molecule has 0 atom stereocenters. The number of hydrogen-bond acceptors (Lipinski definition) is 4. The molecule has 5 nitrogen and oxygen atoms in total. The summed E-state index contributed by atoms with van der Waals surface area (Å²) >= 11 is 1.40. The van der Waals surface area contributed by atoms with Crippen LogP contribution in [0.15, 0.2) is 11.6 Å². The van der Waals surface area contributed by atoms with Crippen molar-refractivity contribution in [2.45, 2.75) is 6.61 Å². The van der Waals surface area contributed by atoms with Crippen molar-refractivity contribution >= 4 is 22.3 Å². The summed E-state index contributed by atoms with van der Waals surface area (Å²) in [5.41, 5.74) is 0.648. The van der Waals surface area contributed by atoms with E-state index in [4.69, 9.17) is 9.84 Å². The fraction of sp³-hybridized carbons (Fsp3) is 0.250. The first kappa shape index (κ1) is 9.17. The largest absolute Gasteiger partial charge is 0.477 e. The second-order valence-electron chi connectivity index (χ2n) is 2.70. The summed E-state index contributed by atoms with van der Waals surface area (Å²) in [7, 11) is 1.51. The Morgan fingerprint density at radius 1 is 1.79 bits per heavy atom. The zero-order chi connectivity index (χ0) is 10.1. The van der Waals surface area contributed by atoms with Crippen LogP contribution in [0.3, 0.4) is 0 Å². The summed E-state index contributed by atoms with van der Waals surface area (Å²) in [5, 5.41) is 10.8. The van der Waals surface area contributed by atoms with E-state index in [9.17, 15) is 4.79 Å². The van der Waals surface area contributed by atoms with Crippen molar-refractivity contribution in [3.05, 3.63) is 23.0 Å². The van der Waals surface area contributed by atoms with Gasteiger partial charge < -0.3 is 9.84 Å². The Morgan fingerprint density at radius 3 is 3.21 bits per heavy atom. The van der Waals surface area contributed by atoms with Gasteiger partial charge in [0.2, 0.25) is 0 Å². The molecule has 14 heavy (non-hydrogen) atoms. The topological polar surface area (TPSA) is 63.8 Å². The molecule has 0 unspecified atom stereocenters. The number of carboxylic acid groups (broad SMARTS) is 1. The number of carboxylic acids is 1. The molecule has 74 valence electrons. The molecule has 0 radical (unpaired) electrons. The highest BCUT2D eigenvalue weighted by molar-refractivity contribution is 7.15. The highest BCUT2D eigenvalue weighted by Gasteiger charge is 2.18. The monoisotopic (exact) mass is 212 g/mol. The normalized spacial score (nSPS) is 10.9. The second-order valence-corrected chi connectivity index (χ2v) is 3.57. The minimum Gasteiger partial charge on any atom is -0.477 e. The van der Waals surface area contributed by atoms with Crippen molar-refractivity contribution in [2.24, 2.45) is 0 Å². The second kappa shape index (κ2) is 3.39. The lowest BCUT2D eigenvalue weighted by molar-refractivity contribution is 0.0684. The third-order valence-corrected chi connectivity index (χ3v) is 2.57. The summed E-state index contributed by atoms with van der Waals surface area (Å²) in [6.45, 7) is 0.218. The van der Waals surface area contributed by atoms with E-state index in [-0.39, 0.29) is 12.3 Å². The first-order chi connectivity index (χ1) is 6.74. The van der Waals surface area contributed by atoms with Crippen molar-refractivity contribution in [2.75, 3.05) is 7.11 Å². The number of methoxy groups -OCH3 is 1. The van der Waals surface area contributed by atoms with Gasteiger partial charge in [-0.05, 0) is 0 Å². The number of nitrogens with zero attached hydrogens (tertiary/aromatic N) is 2. The van der Waals surface area contributed by atoms with Gasteiger partial charge in [0.05, 0.1) is 6.61 Å². The minimum atomic E-state index is -0.983. The number of carbonyl (C=O) groups is 1. The lowest BCUT2D eigenvalue weighted by atomic mass is 10.3. The number of ether oxygens (including phenoxy) is 1. The fourth-order valence-corrected chi connectivity index (χ4v) is 2.03. The Morgan fingerprint density at radius 2 is 2.57 bits per heavy atom. The van der Waals surface area contributed by atoms with E-state index in [0.717, 1.165) is 0 Å². The van der Waals surface area contributed by atoms with Crippen LogP contribution < -0.4 is 0 Å². The highest BCUT2D eigenvalue weighted by Crippen LogP contribution is 2.17. The van der Waals surface area contributed by atoms with Crippen LogP contribution in [0.4, 0.5) is 0 Å². The van der Waals surface area contributed by atoms with Gasteiger partial charge in [0.1, 0.15) is 5.69 Å². The summed E-state index contributed by atoms with van der Waals surface area (Å²) in [6.07, 6.45) is 1.69. The molecule has 0 aliphatic carbocycles. The van der Waals surface area contributed by atoms with Crippen LogP contribution in [0.2, 0.25) is 0 Å². The Balaban J connectivity index is 2.63. The van der Waals surface area contributed by atoms with Gasteiger partial charge in [-0.25, -0.2) is 9.78 Å². The van der Waals surface area contributed by atoms with Gasteiger partial charge in [-0.3, -0.25) is 4.40 Å². The van der Waals surface area contributed by atoms with Crippen LogP contribution in [0.5, 0.6) is 0 Å². The van der Waals surface area contributed by atoms with Gasteiger partial charge in [-0.1, -0.05) is 0 Å². The quantitative estimate of drug-likeness (QED) is 0.831. The van der Waals surface area contributed by atoms with Gasteiger partial charge in [0, 0.05) is 18.7 Å². The molecule has 0 saturated carbocycles. The van der Waals surface area contributed by atoms with Gasteiger partial charge in [0.25, 0.3) is 0 Å². The van der Waals surface area contributed by atoms with E-state index in [0.29, 0.717) is 10.7 Å². The van der Waals surface area contributed by atoms with Crippen molar-refractivity contribution < 1.29 is 14.6 Å². The molecule has 1 N–H and O–H groups in total. The number of aromatic nitrogens is 2. The molecule has 0 spiro atoms. The number of fused-ring (bicyclic) bond motifs is 1. The Labute approximate surface area is 83.6 Å². The van der Waals surface area contributed by atoms with E-state index in [1.54, 1.807) is 16.0 Å². The number of rotatable bonds is 3. The standard InChI is InChI=1S/C8H8N2O3S/c1-13-4-5-6(7(11)12)10-2-3-14-8(10)9-5/h2-3H,4H2,1H3,(H,11,12). The summed E-state index contributed by atoms with van der Waals surface area (Å²) in [4.78, 5) is 15.8. The molecule has 2 rings (SSSR count). The van der Waals surface area contributed by atoms with Crippen LogP contribution >= 0.6 is 11.3 Å². The zero-order valence-electron chi connectivity index (χ0n) is 7.43. The third kappa shape index (κ3) is 1.28. The third-order valence-electron chi connectivity index (χ3n) is 1.82. The molecule has 0 bridgehead atoms. The first-order valence-electron chi connectivity index (χ1n) is 3.90. The highest BCUT2D eigenvalue weighted by atomic mass is 32.1. The Bertz CT molecular complexity index is 474. The van der Waals surface area contributed by atoms with Gasteiger partial charge in [0.15, 0.2) is 10.7 Å². The molecule has 0 aromatic carbocycles. The molecule has 2 heterocycles. The molecular weight excluding hydrogens is 204 g/mol. The number of thiazole rings is 1. The van der Waals surface area contributed by atoms with Crippen LogP contribution in [0.1, 0.15) is 16.2 Å². The molecule has 0 aliphatic heterocycles. The van der Waals surface area contributed by atoms with Gasteiger partial charge in [-0.2, -0.15) is 0 Å². The van der Waals surface area contributed by atoms with Crippen LogP contribution in [-0.2, 0) is 11.3 Å². The average Bonchev–Trinajstić information content (AvgIpc) is 2.62. The predicted octanol–water partition coefficient (Wildman–Crippen LogP) is 1.24. The molecule has 0 fully saturated rings. The molecule has 2 aromatic rings. The molecule has 0 amide bonds. The molecule has 2 aromatic heterocycles. The predicted molar refractivity (Wildman–Crippen MR) is 50.7 cm³/mol. The van der Waals surface area contributed by atoms with Crippen LogP contribution in [0.25, 0.3) is 4.96 Å². The summed E-state index contributed by atoms with van der Waals surface area (Å²) in [6, 6.07) is 0. The fourth-order valence-electron chi connectivity index (χ4n) is 1.29. The van der Waals surface area contributed by atoms with E-state index in [1.165, 1.54) is 18.4 Å². The number of imidazole rings is 1. The van der Waals surface area contributed by atoms with E-state index in [1.807, 2.05) is 0 Å². The van der Waals surface area contributed by atoms with Crippen molar-refractivity contribution in [3.63, 3.8) is 0 Å². The van der Waals surface area contributed by atoms with Gasteiger partial charge >= 0.3 is 5.97 Å². The SMILES string of the molecule is COCc1nc2sccn2c1C(=O)O. The average molecular weight is 212 g/mol. The van der Waals surface area contributed by atoms with E-state index in [2.05, 4.69) is 4.98 Å². The smallest absolute Gasteiger partial charge is 0.354 e.